The van der Waals surface area contributed by atoms with Gasteiger partial charge >= 0.3 is 0 Å². The summed E-state index contributed by atoms with van der Waals surface area (Å²) in [6.07, 6.45) is 1.66. The number of rotatable bonds is 6. The quantitative estimate of drug-likeness (QED) is 0.664. The van der Waals surface area contributed by atoms with E-state index in [9.17, 15) is 14.7 Å². The van der Waals surface area contributed by atoms with Gasteiger partial charge in [0.05, 0.1) is 24.4 Å². The van der Waals surface area contributed by atoms with E-state index in [1.807, 2.05) is 12.1 Å². The summed E-state index contributed by atoms with van der Waals surface area (Å²) in [5, 5.41) is 15.0. The predicted octanol–water partition coefficient (Wildman–Crippen LogP) is 0.473. The summed E-state index contributed by atoms with van der Waals surface area (Å²) in [6, 6.07) is 5.47. The number of hydrogen-bond acceptors (Lipinski definition) is 6. The summed E-state index contributed by atoms with van der Waals surface area (Å²) in [6.45, 7) is 3.70. The average molecular weight is 275 g/mol. The first-order valence-corrected chi connectivity index (χ1v) is 6.31. The van der Waals surface area contributed by atoms with Crippen LogP contribution in [0.3, 0.4) is 0 Å². The fourth-order valence-electron chi connectivity index (χ4n) is 1.74. The predicted molar refractivity (Wildman–Crippen MR) is 77.7 cm³/mol. The van der Waals surface area contributed by atoms with Crippen LogP contribution >= 0.6 is 0 Å². The van der Waals surface area contributed by atoms with Gasteiger partial charge in [-0.1, -0.05) is 6.07 Å². The third kappa shape index (κ3) is 2.85. The summed E-state index contributed by atoms with van der Waals surface area (Å²) < 4.78 is 0. The molecule has 0 saturated carbocycles. The van der Waals surface area contributed by atoms with E-state index in [1.165, 1.54) is 0 Å². The number of pyridine rings is 1. The molecular formula is C14H17N3O3. The smallest absolute Gasteiger partial charge is 0.253 e. The number of anilines is 2. The van der Waals surface area contributed by atoms with E-state index in [1.54, 1.807) is 26.1 Å². The van der Waals surface area contributed by atoms with Gasteiger partial charge in [0, 0.05) is 6.20 Å². The molecule has 20 heavy (non-hydrogen) atoms. The highest BCUT2D eigenvalue weighted by molar-refractivity contribution is 5.74. The highest BCUT2D eigenvalue weighted by Crippen LogP contribution is 2.19. The van der Waals surface area contributed by atoms with Gasteiger partial charge in [0.25, 0.3) is 10.9 Å². The lowest BCUT2D eigenvalue weighted by molar-refractivity contribution is 0.234. The Bertz CT molecular complexity index is 658. The largest absolute Gasteiger partial charge is 0.394 e. The fraction of sp³-hybridized carbons (Fsp3) is 0.357. The van der Waals surface area contributed by atoms with Gasteiger partial charge in [-0.2, -0.15) is 0 Å². The molecule has 1 aromatic carbocycles. The summed E-state index contributed by atoms with van der Waals surface area (Å²) in [4.78, 5) is 27.3. The molecule has 0 aliphatic rings. The normalized spacial score (nSPS) is 11.6. The van der Waals surface area contributed by atoms with Crippen LogP contribution in [-0.2, 0) is 6.54 Å². The first-order chi connectivity index (χ1) is 9.44. The van der Waals surface area contributed by atoms with Crippen molar-refractivity contribution in [3.8, 4) is 0 Å². The third-order valence-corrected chi connectivity index (χ3v) is 2.94. The summed E-state index contributed by atoms with van der Waals surface area (Å²) in [7, 11) is 0. The molecule has 106 valence electrons. The first kappa shape index (κ1) is 14.2. The minimum atomic E-state index is -0.663. The standard InChI is InChI=1S/C14H17N3O3/c1-14(2,8-18)17-11-10(12(19)13(11)20)16-7-9-5-3-4-6-15-9/h3-6,16-18H,7-8H2,1-2H3. The van der Waals surface area contributed by atoms with E-state index in [2.05, 4.69) is 15.6 Å². The Morgan fingerprint density at radius 3 is 2.50 bits per heavy atom. The Hall–Kier alpha value is -2.21. The SMILES string of the molecule is CC(C)(CO)Nc1c(NCc2ccccn2)c(=O)c1=O. The molecule has 0 radical (unpaired) electrons. The van der Waals surface area contributed by atoms with Crippen LogP contribution in [0, 0.1) is 0 Å². The molecule has 0 bridgehead atoms. The molecule has 1 aromatic heterocycles. The summed E-state index contributed by atoms with van der Waals surface area (Å²) in [5.41, 5.74) is -0.517. The molecule has 0 saturated heterocycles. The van der Waals surface area contributed by atoms with Crippen molar-refractivity contribution < 1.29 is 5.11 Å². The zero-order chi connectivity index (χ0) is 14.8. The second-order valence-corrected chi connectivity index (χ2v) is 5.25. The summed E-state index contributed by atoms with van der Waals surface area (Å²) >= 11 is 0. The molecule has 0 atom stereocenters. The van der Waals surface area contributed by atoms with E-state index in [0.717, 1.165) is 5.69 Å². The van der Waals surface area contributed by atoms with Crippen molar-refractivity contribution in [1.29, 1.82) is 0 Å². The summed E-state index contributed by atoms with van der Waals surface area (Å²) in [5.74, 6) is 0. The lowest BCUT2D eigenvalue weighted by atomic mass is 10.0. The third-order valence-electron chi connectivity index (χ3n) is 2.94. The Balaban J connectivity index is 2.12. The maximum absolute atomic E-state index is 11.6. The van der Waals surface area contributed by atoms with Gasteiger partial charge in [0.15, 0.2) is 0 Å². The van der Waals surface area contributed by atoms with Crippen LogP contribution in [-0.4, -0.2) is 22.2 Å². The molecule has 2 rings (SSSR count). The van der Waals surface area contributed by atoms with Gasteiger partial charge in [0.1, 0.15) is 11.4 Å². The molecule has 0 aliphatic carbocycles. The monoisotopic (exact) mass is 275 g/mol. The van der Waals surface area contributed by atoms with Crippen molar-refractivity contribution in [3.63, 3.8) is 0 Å². The molecule has 6 nitrogen and oxygen atoms in total. The fourth-order valence-corrected chi connectivity index (χ4v) is 1.74. The lowest BCUT2D eigenvalue weighted by Crippen LogP contribution is -2.44. The van der Waals surface area contributed by atoms with Gasteiger partial charge in [0.2, 0.25) is 0 Å². The number of nitrogens with one attached hydrogen (secondary N) is 2. The minimum Gasteiger partial charge on any atom is -0.394 e. The molecule has 6 heteroatoms. The van der Waals surface area contributed by atoms with Crippen molar-refractivity contribution >= 4 is 11.4 Å². The van der Waals surface area contributed by atoms with Crippen LogP contribution in [0.25, 0.3) is 0 Å². The van der Waals surface area contributed by atoms with Crippen LogP contribution in [0.5, 0.6) is 0 Å². The van der Waals surface area contributed by atoms with Crippen molar-refractivity contribution in [2.45, 2.75) is 25.9 Å². The second-order valence-electron chi connectivity index (χ2n) is 5.25. The molecule has 0 unspecified atom stereocenters. The van der Waals surface area contributed by atoms with Crippen LogP contribution < -0.4 is 21.5 Å². The highest BCUT2D eigenvalue weighted by atomic mass is 16.3. The number of aliphatic hydroxyl groups is 1. The lowest BCUT2D eigenvalue weighted by Gasteiger charge is -2.27. The van der Waals surface area contributed by atoms with Crippen molar-refractivity contribution in [1.82, 2.24) is 4.98 Å². The number of aromatic nitrogens is 1. The Morgan fingerprint density at radius 2 is 1.90 bits per heavy atom. The molecule has 0 spiro atoms. The van der Waals surface area contributed by atoms with E-state index >= 15 is 0 Å². The minimum absolute atomic E-state index is 0.147. The van der Waals surface area contributed by atoms with E-state index in [-0.39, 0.29) is 18.0 Å². The number of hydrogen-bond donors (Lipinski definition) is 3. The average Bonchev–Trinajstić information content (AvgIpc) is 2.47. The van der Waals surface area contributed by atoms with E-state index < -0.39 is 16.4 Å². The molecule has 1 heterocycles. The maximum atomic E-state index is 11.6. The topological polar surface area (TPSA) is 91.3 Å². The van der Waals surface area contributed by atoms with Gasteiger partial charge in [-0.3, -0.25) is 14.6 Å². The van der Waals surface area contributed by atoms with Crippen molar-refractivity contribution in [3.05, 3.63) is 50.5 Å². The molecule has 3 N–H and O–H groups in total. The van der Waals surface area contributed by atoms with E-state index in [4.69, 9.17) is 0 Å². The zero-order valence-electron chi connectivity index (χ0n) is 11.4. The van der Waals surface area contributed by atoms with Crippen LogP contribution in [0.15, 0.2) is 34.0 Å². The van der Waals surface area contributed by atoms with Gasteiger partial charge in [-0.15, -0.1) is 0 Å². The van der Waals surface area contributed by atoms with Crippen LogP contribution in [0.4, 0.5) is 11.4 Å². The second kappa shape index (κ2) is 5.42. The molecule has 0 aliphatic heterocycles. The number of aliphatic hydroxyl groups excluding tert-OH is 1. The number of nitrogens with zero attached hydrogens (tertiary/aromatic N) is 1. The molecular weight excluding hydrogens is 258 g/mol. The van der Waals surface area contributed by atoms with Crippen molar-refractivity contribution in [2.75, 3.05) is 17.2 Å². The Kier molecular flexibility index (Phi) is 3.85. The van der Waals surface area contributed by atoms with Gasteiger partial charge in [-0.25, -0.2) is 0 Å². The van der Waals surface area contributed by atoms with Crippen molar-refractivity contribution in [2.24, 2.45) is 0 Å². The van der Waals surface area contributed by atoms with Crippen LogP contribution in [0.2, 0.25) is 0 Å². The Morgan fingerprint density at radius 1 is 1.20 bits per heavy atom. The van der Waals surface area contributed by atoms with Gasteiger partial charge in [-0.05, 0) is 26.0 Å². The molecule has 2 aromatic rings. The van der Waals surface area contributed by atoms with Gasteiger partial charge < -0.3 is 15.7 Å². The zero-order valence-corrected chi connectivity index (χ0v) is 11.4. The highest BCUT2D eigenvalue weighted by Gasteiger charge is 2.26. The Labute approximate surface area is 116 Å². The van der Waals surface area contributed by atoms with E-state index in [0.29, 0.717) is 6.54 Å². The molecule has 0 amide bonds. The first-order valence-electron chi connectivity index (χ1n) is 6.31. The molecule has 0 fully saturated rings. The van der Waals surface area contributed by atoms with Crippen LogP contribution in [0.1, 0.15) is 19.5 Å². The maximum Gasteiger partial charge on any atom is 0.253 e.